The number of rotatable bonds is 1. The number of hydrogen-bond donors (Lipinski definition) is 0. The van der Waals surface area contributed by atoms with Crippen molar-refractivity contribution in [2.45, 2.75) is 6.61 Å². The summed E-state index contributed by atoms with van der Waals surface area (Å²) in [6, 6.07) is 21.0. The molecule has 23 heavy (non-hydrogen) atoms. The number of hydrogen-bond acceptors (Lipinski definition) is 2. The maximum atomic E-state index is 11.9. The first kappa shape index (κ1) is 14.0. The summed E-state index contributed by atoms with van der Waals surface area (Å²) < 4.78 is 5.47. The number of fused-ring (bicyclic) bond motifs is 2. The number of ether oxygens (including phenoxy) is 1. The van der Waals surface area contributed by atoms with E-state index in [-0.39, 0.29) is 12.5 Å². The molecule has 0 aliphatic carbocycles. The summed E-state index contributed by atoms with van der Waals surface area (Å²) in [4.78, 5) is 13.6. The molecule has 1 amide bonds. The highest BCUT2D eigenvalue weighted by Crippen LogP contribution is 2.30. The number of nitrogens with zero attached hydrogens (tertiary/aromatic N) is 1. The van der Waals surface area contributed by atoms with Gasteiger partial charge in [0.1, 0.15) is 6.61 Å². The Morgan fingerprint density at radius 3 is 2.48 bits per heavy atom. The van der Waals surface area contributed by atoms with Gasteiger partial charge < -0.3 is 9.64 Å². The van der Waals surface area contributed by atoms with Crippen molar-refractivity contribution in [3.8, 4) is 11.1 Å². The van der Waals surface area contributed by atoms with Gasteiger partial charge in [-0.25, -0.2) is 0 Å². The largest absolute Gasteiger partial charge is 0.367 e. The third-order valence-electron chi connectivity index (χ3n) is 4.38. The molecule has 1 aliphatic heterocycles. The molecule has 0 fully saturated rings. The predicted octanol–water partition coefficient (Wildman–Crippen LogP) is 4.00. The second-order valence-electron chi connectivity index (χ2n) is 5.85. The molecule has 0 saturated heterocycles. The van der Waals surface area contributed by atoms with Crippen molar-refractivity contribution >= 4 is 22.4 Å². The molecule has 0 saturated carbocycles. The Kier molecular flexibility index (Phi) is 3.36. The number of amides is 1. The summed E-state index contributed by atoms with van der Waals surface area (Å²) in [6.07, 6.45) is 0. The molecule has 3 nitrogen and oxygen atoms in total. The molecule has 0 radical (unpaired) electrons. The summed E-state index contributed by atoms with van der Waals surface area (Å²) >= 11 is 0. The number of likely N-dealkylation sites (N-methyl/N-ethyl adjacent to an activating group) is 1. The van der Waals surface area contributed by atoms with Crippen LogP contribution in [0.15, 0.2) is 60.7 Å². The van der Waals surface area contributed by atoms with Crippen LogP contribution in [0.5, 0.6) is 0 Å². The van der Waals surface area contributed by atoms with Crippen molar-refractivity contribution in [1.29, 1.82) is 0 Å². The fraction of sp³-hybridized carbons (Fsp3) is 0.150. The lowest BCUT2D eigenvalue weighted by Crippen LogP contribution is -2.28. The average Bonchev–Trinajstić information content (AvgIpc) is 2.73. The molecule has 0 aromatic heterocycles. The molecule has 3 aromatic rings. The van der Waals surface area contributed by atoms with Gasteiger partial charge in [0.25, 0.3) is 5.91 Å². The van der Waals surface area contributed by atoms with Crippen LogP contribution in [0.3, 0.4) is 0 Å². The third-order valence-corrected chi connectivity index (χ3v) is 4.38. The maximum Gasteiger partial charge on any atom is 0.252 e. The summed E-state index contributed by atoms with van der Waals surface area (Å²) in [5.74, 6) is -0.0118. The molecule has 4 rings (SSSR count). The van der Waals surface area contributed by atoms with Crippen LogP contribution in [0.25, 0.3) is 21.9 Å². The van der Waals surface area contributed by atoms with E-state index in [4.69, 9.17) is 4.74 Å². The van der Waals surface area contributed by atoms with Crippen molar-refractivity contribution < 1.29 is 9.53 Å². The molecular formula is C20H17NO2. The van der Waals surface area contributed by atoms with Crippen molar-refractivity contribution in [2.24, 2.45) is 0 Å². The highest BCUT2D eigenvalue weighted by molar-refractivity contribution is 5.95. The Balaban J connectivity index is 1.80. The number of benzene rings is 3. The van der Waals surface area contributed by atoms with Crippen LogP contribution < -0.4 is 4.90 Å². The SMILES string of the molecule is CN1C(=O)COCc2cc(-c3ccc4ccccc4c3)ccc21. The molecule has 3 heteroatoms. The summed E-state index contributed by atoms with van der Waals surface area (Å²) in [6.45, 7) is 0.601. The molecule has 0 atom stereocenters. The predicted molar refractivity (Wildman–Crippen MR) is 92.5 cm³/mol. The lowest BCUT2D eigenvalue weighted by atomic mass is 9.99. The zero-order valence-electron chi connectivity index (χ0n) is 13.0. The minimum Gasteiger partial charge on any atom is -0.367 e. The van der Waals surface area contributed by atoms with Crippen LogP contribution in [0.2, 0.25) is 0 Å². The minimum atomic E-state index is -0.0118. The van der Waals surface area contributed by atoms with Gasteiger partial charge >= 0.3 is 0 Å². The van der Waals surface area contributed by atoms with Gasteiger partial charge in [0.15, 0.2) is 0 Å². The second-order valence-corrected chi connectivity index (χ2v) is 5.85. The number of carbonyl (C=O) groups excluding carboxylic acids is 1. The van der Waals surface area contributed by atoms with Crippen molar-refractivity contribution in [3.63, 3.8) is 0 Å². The van der Waals surface area contributed by atoms with Crippen LogP contribution in [0.1, 0.15) is 5.56 Å². The van der Waals surface area contributed by atoms with Crippen LogP contribution in [0.4, 0.5) is 5.69 Å². The van der Waals surface area contributed by atoms with Crippen LogP contribution in [-0.2, 0) is 16.1 Å². The zero-order valence-corrected chi connectivity index (χ0v) is 13.0. The summed E-state index contributed by atoms with van der Waals surface area (Å²) in [7, 11) is 1.80. The number of anilines is 1. The van der Waals surface area contributed by atoms with Crippen LogP contribution in [0, 0.1) is 0 Å². The quantitative estimate of drug-likeness (QED) is 0.680. The van der Waals surface area contributed by atoms with Gasteiger partial charge in [-0.1, -0.05) is 42.5 Å². The van der Waals surface area contributed by atoms with Crippen molar-refractivity contribution in [1.82, 2.24) is 0 Å². The summed E-state index contributed by atoms with van der Waals surface area (Å²) in [5.41, 5.74) is 4.28. The van der Waals surface area contributed by atoms with E-state index in [1.165, 1.54) is 16.3 Å². The lowest BCUT2D eigenvalue weighted by molar-refractivity contribution is -0.122. The van der Waals surface area contributed by atoms with E-state index < -0.39 is 0 Å². The molecule has 0 N–H and O–H groups in total. The maximum absolute atomic E-state index is 11.9. The van der Waals surface area contributed by atoms with E-state index in [2.05, 4.69) is 54.6 Å². The van der Waals surface area contributed by atoms with Gasteiger partial charge in [0, 0.05) is 18.3 Å². The Labute approximate surface area is 135 Å². The van der Waals surface area contributed by atoms with Gasteiger partial charge in [-0.3, -0.25) is 4.79 Å². The lowest BCUT2D eigenvalue weighted by Gasteiger charge is -2.17. The average molecular weight is 303 g/mol. The molecule has 3 aromatic carbocycles. The molecule has 0 unspecified atom stereocenters. The smallest absolute Gasteiger partial charge is 0.252 e. The highest BCUT2D eigenvalue weighted by atomic mass is 16.5. The van der Waals surface area contributed by atoms with Gasteiger partial charge in [-0.15, -0.1) is 0 Å². The minimum absolute atomic E-state index is 0.0118. The summed E-state index contributed by atoms with van der Waals surface area (Å²) in [5, 5.41) is 2.46. The van der Waals surface area contributed by atoms with E-state index >= 15 is 0 Å². The van der Waals surface area contributed by atoms with Crippen LogP contribution in [-0.4, -0.2) is 19.6 Å². The molecular weight excluding hydrogens is 286 g/mol. The van der Waals surface area contributed by atoms with Gasteiger partial charge in [-0.05, 0) is 40.1 Å². The van der Waals surface area contributed by atoms with E-state index in [1.807, 2.05) is 6.07 Å². The first-order chi connectivity index (χ1) is 11.2. The zero-order chi connectivity index (χ0) is 15.8. The van der Waals surface area contributed by atoms with Crippen LogP contribution >= 0.6 is 0 Å². The molecule has 114 valence electrons. The molecule has 0 spiro atoms. The molecule has 1 aliphatic rings. The topological polar surface area (TPSA) is 29.5 Å². The standard InChI is InChI=1S/C20H17NO2/c1-21-19-9-8-17(11-18(19)12-23-13-20(21)22)16-7-6-14-4-2-3-5-15(14)10-16/h2-11H,12-13H2,1H3. The molecule has 0 bridgehead atoms. The first-order valence-electron chi connectivity index (χ1n) is 7.69. The second kappa shape index (κ2) is 5.52. The first-order valence-corrected chi connectivity index (χ1v) is 7.69. The van der Waals surface area contributed by atoms with E-state index in [0.717, 1.165) is 16.8 Å². The number of carbonyl (C=O) groups is 1. The van der Waals surface area contributed by atoms with E-state index in [0.29, 0.717) is 6.61 Å². The van der Waals surface area contributed by atoms with E-state index in [9.17, 15) is 4.79 Å². The fourth-order valence-corrected chi connectivity index (χ4v) is 3.06. The van der Waals surface area contributed by atoms with Crippen molar-refractivity contribution in [2.75, 3.05) is 18.6 Å². The molecule has 1 heterocycles. The normalized spacial score (nSPS) is 14.7. The van der Waals surface area contributed by atoms with Gasteiger partial charge in [0.2, 0.25) is 0 Å². The van der Waals surface area contributed by atoms with Gasteiger partial charge in [0.05, 0.1) is 6.61 Å². The van der Waals surface area contributed by atoms with Crippen molar-refractivity contribution in [3.05, 3.63) is 66.2 Å². The Bertz CT molecular complexity index is 901. The fourth-order valence-electron chi connectivity index (χ4n) is 3.06. The highest BCUT2D eigenvalue weighted by Gasteiger charge is 2.19. The Morgan fingerprint density at radius 2 is 1.61 bits per heavy atom. The van der Waals surface area contributed by atoms with Gasteiger partial charge in [-0.2, -0.15) is 0 Å². The monoisotopic (exact) mass is 303 g/mol. The third kappa shape index (κ3) is 2.49. The van der Waals surface area contributed by atoms with E-state index in [1.54, 1.807) is 11.9 Å². The Morgan fingerprint density at radius 1 is 0.870 bits per heavy atom. The Hall–Kier alpha value is -2.65.